The molecule has 0 aliphatic carbocycles. The average molecular weight is 473 g/mol. The van der Waals surface area contributed by atoms with E-state index in [2.05, 4.69) is 15.4 Å². The fourth-order valence-electron chi connectivity index (χ4n) is 4.16. The van der Waals surface area contributed by atoms with Gasteiger partial charge in [0.05, 0.1) is 25.5 Å². The first-order valence-corrected chi connectivity index (χ1v) is 12.8. The highest BCUT2D eigenvalue weighted by atomic mass is 32.2. The van der Waals surface area contributed by atoms with E-state index in [4.69, 9.17) is 0 Å². The standard InChI is InChI=1S/C22H28N6O4S/c1-16-4-3-5-17(12-16)14-26-15-24-20-19(22(26)30)13-25-28(20)11-8-23-21(29)18-6-9-27(10-7-18)33(2,31)32/h3-5,12-13,15,18H,6-11,14H2,1-2H3,(H,23,29). The fourth-order valence-corrected chi connectivity index (χ4v) is 5.03. The molecule has 0 saturated carbocycles. The third-order valence-corrected chi connectivity index (χ3v) is 7.28. The van der Waals surface area contributed by atoms with Gasteiger partial charge in [0, 0.05) is 25.6 Å². The smallest absolute Gasteiger partial charge is 0.264 e. The van der Waals surface area contributed by atoms with Gasteiger partial charge in [-0.2, -0.15) is 5.10 Å². The zero-order chi connectivity index (χ0) is 23.6. The lowest BCUT2D eigenvalue weighted by molar-refractivity contribution is -0.126. The molecular weight excluding hydrogens is 444 g/mol. The second-order valence-corrected chi connectivity index (χ2v) is 10.5. The topological polar surface area (TPSA) is 119 Å². The van der Waals surface area contributed by atoms with Gasteiger partial charge in [-0.3, -0.25) is 14.2 Å². The van der Waals surface area contributed by atoms with Gasteiger partial charge in [-0.25, -0.2) is 22.4 Å². The van der Waals surface area contributed by atoms with E-state index in [0.717, 1.165) is 11.1 Å². The van der Waals surface area contributed by atoms with Gasteiger partial charge < -0.3 is 5.32 Å². The van der Waals surface area contributed by atoms with Crippen LogP contribution in [0.1, 0.15) is 24.0 Å². The number of carbonyl (C=O) groups excluding carboxylic acids is 1. The van der Waals surface area contributed by atoms with E-state index in [1.165, 1.54) is 23.1 Å². The number of rotatable bonds is 7. The summed E-state index contributed by atoms with van der Waals surface area (Å²) in [7, 11) is -3.21. The van der Waals surface area contributed by atoms with Gasteiger partial charge in [0.15, 0.2) is 5.65 Å². The first-order valence-electron chi connectivity index (χ1n) is 10.9. The summed E-state index contributed by atoms with van der Waals surface area (Å²) in [6, 6.07) is 7.98. The highest BCUT2D eigenvalue weighted by molar-refractivity contribution is 7.88. The predicted octanol–water partition coefficient (Wildman–Crippen LogP) is 0.738. The second-order valence-electron chi connectivity index (χ2n) is 8.50. The number of aryl methyl sites for hydroxylation is 1. The molecule has 1 aromatic carbocycles. The molecule has 1 fully saturated rings. The van der Waals surface area contributed by atoms with Crippen LogP contribution < -0.4 is 10.9 Å². The first kappa shape index (κ1) is 23.1. The summed E-state index contributed by atoms with van der Waals surface area (Å²) < 4.78 is 27.8. The Labute approximate surface area is 192 Å². The van der Waals surface area contributed by atoms with Crippen molar-refractivity contribution in [2.24, 2.45) is 5.92 Å². The molecule has 11 heteroatoms. The molecule has 1 aliphatic heterocycles. The first-order chi connectivity index (χ1) is 15.7. The number of benzene rings is 1. The van der Waals surface area contributed by atoms with Crippen LogP contribution in [0.2, 0.25) is 0 Å². The fraction of sp³-hybridized carbons (Fsp3) is 0.455. The predicted molar refractivity (Wildman–Crippen MR) is 124 cm³/mol. The molecule has 3 aromatic rings. The third-order valence-electron chi connectivity index (χ3n) is 5.97. The number of piperidine rings is 1. The van der Waals surface area contributed by atoms with Crippen molar-refractivity contribution in [2.75, 3.05) is 25.9 Å². The number of fused-ring (bicyclic) bond motifs is 1. The number of nitrogens with one attached hydrogen (secondary N) is 1. The van der Waals surface area contributed by atoms with Crippen molar-refractivity contribution in [3.8, 4) is 0 Å². The normalized spacial score (nSPS) is 15.7. The third kappa shape index (κ3) is 5.31. The molecule has 3 heterocycles. The Morgan fingerprint density at radius 3 is 2.70 bits per heavy atom. The number of carbonyl (C=O) groups is 1. The molecular formula is C22H28N6O4S. The molecule has 2 aromatic heterocycles. The van der Waals surface area contributed by atoms with Gasteiger partial charge in [0.2, 0.25) is 15.9 Å². The van der Waals surface area contributed by atoms with E-state index >= 15 is 0 Å². The molecule has 1 amide bonds. The molecule has 33 heavy (non-hydrogen) atoms. The number of aromatic nitrogens is 4. The van der Waals surface area contributed by atoms with Crippen molar-refractivity contribution >= 4 is 27.0 Å². The largest absolute Gasteiger partial charge is 0.354 e. The van der Waals surface area contributed by atoms with E-state index < -0.39 is 10.0 Å². The van der Waals surface area contributed by atoms with Crippen molar-refractivity contribution in [3.05, 3.63) is 58.3 Å². The van der Waals surface area contributed by atoms with Crippen LogP contribution in [0.15, 0.2) is 41.6 Å². The SMILES string of the molecule is Cc1cccc(Cn2cnc3c(cnn3CCNC(=O)C3CCN(S(C)(=O)=O)CC3)c2=O)c1. The lowest BCUT2D eigenvalue weighted by Crippen LogP contribution is -2.43. The van der Waals surface area contributed by atoms with Crippen molar-refractivity contribution < 1.29 is 13.2 Å². The van der Waals surface area contributed by atoms with Crippen molar-refractivity contribution in [2.45, 2.75) is 32.9 Å². The van der Waals surface area contributed by atoms with Crippen molar-refractivity contribution in [1.82, 2.24) is 29.0 Å². The highest BCUT2D eigenvalue weighted by Gasteiger charge is 2.28. The minimum Gasteiger partial charge on any atom is -0.354 e. The molecule has 0 spiro atoms. The highest BCUT2D eigenvalue weighted by Crippen LogP contribution is 2.19. The summed E-state index contributed by atoms with van der Waals surface area (Å²) in [6.45, 7) is 3.89. The molecule has 0 bridgehead atoms. The number of sulfonamides is 1. The summed E-state index contributed by atoms with van der Waals surface area (Å²) >= 11 is 0. The zero-order valence-electron chi connectivity index (χ0n) is 18.8. The van der Waals surface area contributed by atoms with Gasteiger partial charge >= 0.3 is 0 Å². The molecule has 1 saturated heterocycles. The lowest BCUT2D eigenvalue weighted by Gasteiger charge is -2.29. The van der Waals surface area contributed by atoms with Crippen LogP contribution in [-0.2, 0) is 27.9 Å². The Hall–Kier alpha value is -3.05. The van der Waals surface area contributed by atoms with Crippen LogP contribution in [0.4, 0.5) is 0 Å². The Morgan fingerprint density at radius 1 is 1.24 bits per heavy atom. The number of nitrogens with zero attached hydrogens (tertiary/aromatic N) is 5. The molecule has 4 rings (SSSR count). The van der Waals surface area contributed by atoms with E-state index in [1.807, 2.05) is 31.2 Å². The van der Waals surface area contributed by atoms with Gasteiger partial charge in [-0.05, 0) is 25.3 Å². The Balaban J connectivity index is 1.35. The number of hydrogen-bond donors (Lipinski definition) is 1. The molecule has 0 atom stereocenters. The van der Waals surface area contributed by atoms with Crippen LogP contribution in [0, 0.1) is 12.8 Å². The van der Waals surface area contributed by atoms with Crippen LogP contribution in [0.25, 0.3) is 11.0 Å². The average Bonchev–Trinajstić information content (AvgIpc) is 3.19. The van der Waals surface area contributed by atoms with Gasteiger partial charge in [-0.15, -0.1) is 0 Å². The molecule has 0 radical (unpaired) electrons. The molecule has 1 N–H and O–H groups in total. The minimum absolute atomic E-state index is 0.0897. The monoisotopic (exact) mass is 472 g/mol. The maximum Gasteiger partial charge on any atom is 0.264 e. The van der Waals surface area contributed by atoms with E-state index in [1.54, 1.807) is 9.25 Å². The molecule has 1 aliphatic rings. The quantitative estimate of drug-likeness (QED) is 0.542. The van der Waals surface area contributed by atoms with Crippen molar-refractivity contribution in [3.63, 3.8) is 0 Å². The number of amides is 1. The molecule has 176 valence electrons. The summed E-state index contributed by atoms with van der Waals surface area (Å²) in [5.41, 5.74) is 2.48. The zero-order valence-corrected chi connectivity index (χ0v) is 19.6. The van der Waals surface area contributed by atoms with E-state index in [-0.39, 0.29) is 17.4 Å². The molecule has 0 unspecified atom stereocenters. The minimum atomic E-state index is -3.21. The van der Waals surface area contributed by atoms with Crippen LogP contribution >= 0.6 is 0 Å². The lowest BCUT2D eigenvalue weighted by atomic mass is 9.97. The summed E-state index contributed by atoms with van der Waals surface area (Å²) in [5.74, 6) is -0.294. The number of hydrogen-bond acceptors (Lipinski definition) is 6. The van der Waals surface area contributed by atoms with Crippen LogP contribution in [0.3, 0.4) is 0 Å². The molecule has 10 nitrogen and oxygen atoms in total. The van der Waals surface area contributed by atoms with E-state index in [9.17, 15) is 18.0 Å². The maximum absolute atomic E-state index is 12.9. The maximum atomic E-state index is 12.9. The Bertz CT molecular complexity index is 1320. The van der Waals surface area contributed by atoms with Gasteiger partial charge in [-0.1, -0.05) is 29.8 Å². The summed E-state index contributed by atoms with van der Waals surface area (Å²) in [4.78, 5) is 29.8. The summed E-state index contributed by atoms with van der Waals surface area (Å²) in [5, 5.41) is 7.61. The van der Waals surface area contributed by atoms with E-state index in [0.29, 0.717) is 56.6 Å². The van der Waals surface area contributed by atoms with Crippen molar-refractivity contribution in [1.29, 1.82) is 0 Å². The summed E-state index contributed by atoms with van der Waals surface area (Å²) in [6.07, 6.45) is 5.24. The van der Waals surface area contributed by atoms with Gasteiger partial charge in [0.1, 0.15) is 11.7 Å². The second kappa shape index (κ2) is 9.44. The van der Waals surface area contributed by atoms with Gasteiger partial charge in [0.25, 0.3) is 5.56 Å². The van der Waals surface area contributed by atoms with Crippen LogP contribution in [0.5, 0.6) is 0 Å². The Morgan fingerprint density at radius 2 is 2.00 bits per heavy atom. The Kier molecular flexibility index (Phi) is 6.61. The van der Waals surface area contributed by atoms with Crippen LogP contribution in [-0.4, -0.2) is 63.9 Å².